The number of rotatable bonds is 5. The van der Waals surface area contributed by atoms with Crippen molar-refractivity contribution in [2.45, 2.75) is 17.6 Å². The summed E-state index contributed by atoms with van der Waals surface area (Å²) in [5, 5.41) is 4.02. The molecular weight excluding hydrogens is 308 g/mol. The number of nitrogens with one attached hydrogen (secondary N) is 1. The van der Waals surface area contributed by atoms with Crippen LogP contribution in [0.5, 0.6) is 0 Å². The molecule has 0 saturated heterocycles. The summed E-state index contributed by atoms with van der Waals surface area (Å²) >= 11 is 6.67. The van der Waals surface area contributed by atoms with E-state index in [9.17, 15) is 8.42 Å². The van der Waals surface area contributed by atoms with Crippen LogP contribution in [0.2, 0.25) is 4.47 Å². The Kier molecular flexibility index (Phi) is 4.24. The van der Waals surface area contributed by atoms with Crippen LogP contribution in [0.15, 0.2) is 16.5 Å². The standard InChI is InChI=1S/C10H13ClN4O2S2/c1-7-9(18-10(11)14-7)19(16,17)13-6-4-8-3-5-12-15(8)2/h3,5,13H,4,6H2,1-2H3. The summed E-state index contributed by atoms with van der Waals surface area (Å²) in [5.41, 5.74) is 1.38. The fourth-order valence-electron chi connectivity index (χ4n) is 1.63. The van der Waals surface area contributed by atoms with E-state index in [0.717, 1.165) is 17.0 Å². The minimum Gasteiger partial charge on any atom is -0.273 e. The lowest BCUT2D eigenvalue weighted by Crippen LogP contribution is -2.26. The highest BCUT2D eigenvalue weighted by molar-refractivity contribution is 7.91. The molecule has 0 unspecified atom stereocenters. The van der Waals surface area contributed by atoms with Gasteiger partial charge in [0.2, 0.25) is 0 Å². The van der Waals surface area contributed by atoms with Crippen molar-refractivity contribution in [1.82, 2.24) is 19.5 Å². The first-order valence-electron chi connectivity index (χ1n) is 5.49. The molecule has 0 aliphatic rings. The van der Waals surface area contributed by atoms with E-state index in [0.29, 0.717) is 18.7 Å². The second-order valence-electron chi connectivity index (χ2n) is 3.93. The Balaban J connectivity index is 2.03. The van der Waals surface area contributed by atoms with Crippen LogP contribution in [0.1, 0.15) is 11.4 Å². The molecule has 0 aliphatic heterocycles. The quantitative estimate of drug-likeness (QED) is 0.902. The maximum atomic E-state index is 12.1. The number of halogens is 1. The first kappa shape index (κ1) is 14.4. The van der Waals surface area contributed by atoms with Crippen LogP contribution in [0.25, 0.3) is 0 Å². The van der Waals surface area contributed by atoms with E-state index in [2.05, 4.69) is 14.8 Å². The Labute approximate surface area is 120 Å². The maximum Gasteiger partial charge on any atom is 0.251 e. The first-order chi connectivity index (χ1) is 8.90. The van der Waals surface area contributed by atoms with Gasteiger partial charge in [0.25, 0.3) is 10.0 Å². The number of sulfonamides is 1. The molecule has 0 radical (unpaired) electrons. The van der Waals surface area contributed by atoms with E-state index in [4.69, 9.17) is 11.6 Å². The zero-order chi connectivity index (χ0) is 14.0. The van der Waals surface area contributed by atoms with Crippen molar-refractivity contribution in [2.75, 3.05) is 6.54 Å². The van der Waals surface area contributed by atoms with Crippen LogP contribution >= 0.6 is 22.9 Å². The molecule has 0 aliphatic carbocycles. The molecule has 0 fully saturated rings. The Morgan fingerprint density at radius 1 is 1.53 bits per heavy atom. The highest BCUT2D eigenvalue weighted by atomic mass is 35.5. The summed E-state index contributed by atoms with van der Waals surface area (Å²) in [5.74, 6) is 0. The number of nitrogens with zero attached hydrogens (tertiary/aromatic N) is 3. The minimum absolute atomic E-state index is 0.169. The third-order valence-electron chi connectivity index (χ3n) is 2.57. The Bertz CT molecular complexity index is 678. The fraction of sp³-hybridized carbons (Fsp3) is 0.400. The predicted octanol–water partition coefficient (Wildman–Crippen LogP) is 1.36. The molecule has 0 bridgehead atoms. The van der Waals surface area contributed by atoms with Crippen molar-refractivity contribution in [3.63, 3.8) is 0 Å². The number of aromatic nitrogens is 3. The fourth-order valence-corrected chi connectivity index (χ4v) is 4.44. The van der Waals surface area contributed by atoms with E-state index in [1.165, 1.54) is 0 Å². The van der Waals surface area contributed by atoms with E-state index in [1.54, 1.807) is 17.8 Å². The van der Waals surface area contributed by atoms with Crippen molar-refractivity contribution >= 4 is 33.0 Å². The SMILES string of the molecule is Cc1nc(Cl)sc1S(=O)(=O)NCCc1ccnn1C. The number of hydrogen-bond donors (Lipinski definition) is 1. The lowest BCUT2D eigenvalue weighted by atomic mass is 10.3. The lowest BCUT2D eigenvalue weighted by Gasteiger charge is -2.05. The third kappa shape index (κ3) is 3.33. The van der Waals surface area contributed by atoms with Gasteiger partial charge in [0, 0.05) is 31.9 Å². The predicted molar refractivity (Wildman–Crippen MR) is 74.0 cm³/mol. The molecule has 0 aromatic carbocycles. The van der Waals surface area contributed by atoms with Crippen LogP contribution in [0.4, 0.5) is 0 Å². The summed E-state index contributed by atoms with van der Waals surface area (Å²) < 4.78 is 28.8. The molecule has 2 aromatic heterocycles. The molecule has 2 aromatic rings. The Morgan fingerprint density at radius 3 is 2.79 bits per heavy atom. The van der Waals surface area contributed by atoms with Gasteiger partial charge in [0.05, 0.1) is 5.69 Å². The van der Waals surface area contributed by atoms with Crippen LogP contribution in [0, 0.1) is 6.92 Å². The number of hydrogen-bond acceptors (Lipinski definition) is 5. The normalized spacial score (nSPS) is 11.9. The average molecular weight is 321 g/mol. The van der Waals surface area contributed by atoms with E-state index in [-0.39, 0.29) is 8.68 Å². The van der Waals surface area contributed by atoms with Gasteiger partial charge in [-0.1, -0.05) is 22.9 Å². The van der Waals surface area contributed by atoms with Gasteiger partial charge in [0.1, 0.15) is 0 Å². The molecule has 9 heteroatoms. The molecule has 1 N–H and O–H groups in total. The molecule has 2 heterocycles. The van der Waals surface area contributed by atoms with Gasteiger partial charge in [-0.15, -0.1) is 0 Å². The molecule has 104 valence electrons. The largest absolute Gasteiger partial charge is 0.273 e. The smallest absolute Gasteiger partial charge is 0.251 e. The van der Waals surface area contributed by atoms with Crippen LogP contribution in [-0.2, 0) is 23.5 Å². The van der Waals surface area contributed by atoms with Crippen molar-refractivity contribution < 1.29 is 8.42 Å². The van der Waals surface area contributed by atoms with Gasteiger partial charge in [-0.2, -0.15) is 5.10 Å². The topological polar surface area (TPSA) is 76.9 Å². The summed E-state index contributed by atoms with van der Waals surface area (Å²) in [4.78, 5) is 3.90. The van der Waals surface area contributed by atoms with E-state index < -0.39 is 10.0 Å². The number of thiazole rings is 1. The molecule has 6 nitrogen and oxygen atoms in total. The van der Waals surface area contributed by atoms with Crippen molar-refractivity contribution in [3.8, 4) is 0 Å². The van der Waals surface area contributed by atoms with E-state index >= 15 is 0 Å². The molecular formula is C10H13ClN4O2S2. The second-order valence-corrected chi connectivity index (χ2v) is 7.48. The van der Waals surface area contributed by atoms with Crippen LogP contribution in [0.3, 0.4) is 0 Å². The maximum absolute atomic E-state index is 12.1. The molecule has 19 heavy (non-hydrogen) atoms. The second kappa shape index (κ2) is 5.58. The van der Waals surface area contributed by atoms with Gasteiger partial charge in [-0.25, -0.2) is 18.1 Å². The summed E-state index contributed by atoms with van der Waals surface area (Å²) in [6.07, 6.45) is 2.25. The summed E-state index contributed by atoms with van der Waals surface area (Å²) in [7, 11) is -1.73. The van der Waals surface area contributed by atoms with Gasteiger partial charge in [0.15, 0.2) is 8.68 Å². The van der Waals surface area contributed by atoms with Crippen LogP contribution in [-0.4, -0.2) is 29.7 Å². The molecule has 0 saturated carbocycles. The average Bonchev–Trinajstić information content (AvgIpc) is 2.86. The number of aryl methyl sites for hydroxylation is 2. The monoisotopic (exact) mass is 320 g/mol. The highest BCUT2D eigenvalue weighted by Crippen LogP contribution is 2.26. The van der Waals surface area contributed by atoms with Crippen molar-refractivity contribution in [2.24, 2.45) is 7.05 Å². The van der Waals surface area contributed by atoms with Gasteiger partial charge in [-0.3, -0.25) is 4.68 Å². The molecule has 0 amide bonds. The van der Waals surface area contributed by atoms with Gasteiger partial charge < -0.3 is 0 Å². The Morgan fingerprint density at radius 2 is 2.26 bits per heavy atom. The van der Waals surface area contributed by atoms with Gasteiger partial charge in [-0.05, 0) is 13.0 Å². The van der Waals surface area contributed by atoms with Crippen molar-refractivity contribution in [1.29, 1.82) is 0 Å². The van der Waals surface area contributed by atoms with Crippen LogP contribution < -0.4 is 4.72 Å². The van der Waals surface area contributed by atoms with Crippen molar-refractivity contribution in [3.05, 3.63) is 28.1 Å². The van der Waals surface area contributed by atoms with E-state index in [1.807, 2.05) is 13.1 Å². The molecule has 0 spiro atoms. The highest BCUT2D eigenvalue weighted by Gasteiger charge is 2.20. The lowest BCUT2D eigenvalue weighted by molar-refractivity contribution is 0.581. The molecule has 2 rings (SSSR count). The minimum atomic E-state index is -3.54. The first-order valence-corrected chi connectivity index (χ1v) is 8.17. The zero-order valence-corrected chi connectivity index (χ0v) is 12.8. The summed E-state index contributed by atoms with van der Waals surface area (Å²) in [6.45, 7) is 1.93. The summed E-state index contributed by atoms with van der Waals surface area (Å²) in [6, 6.07) is 1.85. The van der Waals surface area contributed by atoms with Gasteiger partial charge >= 0.3 is 0 Å². The third-order valence-corrected chi connectivity index (χ3v) is 5.90. The molecule has 0 atom stereocenters. The zero-order valence-electron chi connectivity index (χ0n) is 10.4. The Hall–Kier alpha value is -0.960.